The van der Waals surface area contributed by atoms with Gasteiger partial charge in [-0.05, 0) is 53.6 Å². The van der Waals surface area contributed by atoms with E-state index in [0.29, 0.717) is 5.69 Å². The zero-order valence-corrected chi connectivity index (χ0v) is 12.6. The zero-order chi connectivity index (χ0) is 15.8. The molecule has 1 atom stereocenters. The van der Waals surface area contributed by atoms with E-state index < -0.39 is 0 Å². The van der Waals surface area contributed by atoms with Crippen molar-refractivity contribution in [3.63, 3.8) is 0 Å². The molecule has 0 amide bonds. The van der Waals surface area contributed by atoms with E-state index in [0.717, 1.165) is 36.1 Å². The summed E-state index contributed by atoms with van der Waals surface area (Å²) in [4.78, 5) is 0. The number of rotatable bonds is 2. The molecule has 0 spiro atoms. The highest BCUT2D eigenvalue weighted by Gasteiger charge is 2.26. The van der Waals surface area contributed by atoms with Crippen LogP contribution in [-0.2, 0) is 6.42 Å². The first kappa shape index (κ1) is 14.0. The fraction of sp³-hybridized carbons (Fsp3) is 0.211. The van der Waals surface area contributed by atoms with Crippen LogP contribution in [0.2, 0.25) is 0 Å². The highest BCUT2D eigenvalue weighted by Crippen LogP contribution is 2.39. The van der Waals surface area contributed by atoms with Crippen LogP contribution in [0.3, 0.4) is 0 Å². The van der Waals surface area contributed by atoms with E-state index in [1.165, 1.54) is 23.5 Å². The Morgan fingerprint density at radius 1 is 1.13 bits per heavy atom. The van der Waals surface area contributed by atoms with E-state index in [2.05, 4.69) is 17.3 Å². The molecule has 23 heavy (non-hydrogen) atoms. The molecule has 0 radical (unpaired) electrons. The third-order valence-electron chi connectivity index (χ3n) is 4.57. The zero-order valence-electron chi connectivity index (χ0n) is 12.6. The summed E-state index contributed by atoms with van der Waals surface area (Å²) in [5.74, 6) is -0.0347. The smallest absolute Gasteiger partial charge is 0.147 e. The molecule has 0 aliphatic heterocycles. The van der Waals surface area contributed by atoms with Crippen molar-refractivity contribution in [2.24, 2.45) is 0 Å². The van der Waals surface area contributed by atoms with E-state index in [1.54, 1.807) is 12.1 Å². The Balaban J connectivity index is 1.76. The SMILES string of the molecule is Nc1conc1C1CCCc2cc(-c3cccc(F)c3)ccc21. The molecule has 1 unspecified atom stereocenters. The standard InChI is InChI=1S/C19H17FN2O/c20-15-5-1-3-12(10-15)13-7-8-16-14(9-13)4-2-6-17(16)19-18(21)11-23-22-19/h1,3,5,7-11,17H,2,4,6,21H2. The van der Waals surface area contributed by atoms with Crippen LogP contribution in [0.15, 0.2) is 53.3 Å². The molecule has 0 saturated carbocycles. The van der Waals surface area contributed by atoms with Crippen LogP contribution in [0.5, 0.6) is 0 Å². The van der Waals surface area contributed by atoms with Crippen molar-refractivity contribution in [3.8, 4) is 11.1 Å². The maximum Gasteiger partial charge on any atom is 0.147 e. The summed E-state index contributed by atoms with van der Waals surface area (Å²) in [5, 5.41) is 4.08. The summed E-state index contributed by atoms with van der Waals surface area (Å²) >= 11 is 0. The fourth-order valence-electron chi connectivity index (χ4n) is 3.46. The second-order valence-corrected chi connectivity index (χ2v) is 6.02. The van der Waals surface area contributed by atoms with Gasteiger partial charge < -0.3 is 10.3 Å². The molecular formula is C19H17FN2O. The molecule has 0 saturated heterocycles. The lowest BCUT2D eigenvalue weighted by Gasteiger charge is -2.25. The topological polar surface area (TPSA) is 52.0 Å². The minimum atomic E-state index is -0.214. The number of fused-ring (bicyclic) bond motifs is 1. The summed E-state index contributed by atoms with van der Waals surface area (Å²) in [6, 6.07) is 13.0. The van der Waals surface area contributed by atoms with Crippen LogP contribution in [0.1, 0.15) is 35.6 Å². The van der Waals surface area contributed by atoms with Gasteiger partial charge in [0.1, 0.15) is 17.8 Å². The minimum absolute atomic E-state index is 0.180. The Morgan fingerprint density at radius 3 is 2.78 bits per heavy atom. The van der Waals surface area contributed by atoms with E-state index >= 15 is 0 Å². The molecule has 1 aromatic heterocycles. The summed E-state index contributed by atoms with van der Waals surface area (Å²) in [6.07, 6.45) is 4.61. The fourth-order valence-corrected chi connectivity index (χ4v) is 3.46. The summed E-state index contributed by atoms with van der Waals surface area (Å²) < 4.78 is 18.5. The maximum absolute atomic E-state index is 13.5. The average Bonchev–Trinajstić information content (AvgIpc) is 2.99. The van der Waals surface area contributed by atoms with Gasteiger partial charge in [-0.1, -0.05) is 35.5 Å². The van der Waals surface area contributed by atoms with Crippen molar-refractivity contribution in [1.82, 2.24) is 5.16 Å². The quantitative estimate of drug-likeness (QED) is 0.756. The summed E-state index contributed by atoms with van der Waals surface area (Å²) in [5.41, 5.74) is 11.9. The lowest BCUT2D eigenvalue weighted by atomic mass is 9.79. The van der Waals surface area contributed by atoms with Gasteiger partial charge in [0.25, 0.3) is 0 Å². The van der Waals surface area contributed by atoms with Crippen molar-refractivity contribution in [2.75, 3.05) is 5.73 Å². The monoisotopic (exact) mass is 308 g/mol. The molecule has 4 heteroatoms. The van der Waals surface area contributed by atoms with E-state index in [9.17, 15) is 4.39 Å². The van der Waals surface area contributed by atoms with Crippen molar-refractivity contribution in [2.45, 2.75) is 25.2 Å². The number of halogens is 1. The number of nitrogens with two attached hydrogens (primary N) is 1. The second kappa shape index (κ2) is 5.54. The maximum atomic E-state index is 13.5. The van der Waals surface area contributed by atoms with Gasteiger partial charge in [0.15, 0.2) is 0 Å². The first-order chi connectivity index (χ1) is 11.2. The van der Waals surface area contributed by atoms with Crippen LogP contribution >= 0.6 is 0 Å². The van der Waals surface area contributed by atoms with E-state index in [4.69, 9.17) is 10.3 Å². The van der Waals surface area contributed by atoms with Gasteiger partial charge in [-0.15, -0.1) is 0 Å². The molecule has 0 fully saturated rings. The summed E-state index contributed by atoms with van der Waals surface area (Å²) in [6.45, 7) is 0. The molecule has 2 N–H and O–H groups in total. The van der Waals surface area contributed by atoms with Crippen molar-refractivity contribution < 1.29 is 8.91 Å². The lowest BCUT2D eigenvalue weighted by molar-refractivity contribution is 0.404. The van der Waals surface area contributed by atoms with Crippen LogP contribution in [0.4, 0.5) is 10.1 Å². The number of anilines is 1. The summed E-state index contributed by atoms with van der Waals surface area (Å²) in [7, 11) is 0. The first-order valence-electron chi connectivity index (χ1n) is 7.81. The molecular weight excluding hydrogens is 291 g/mol. The number of hydrogen-bond donors (Lipinski definition) is 1. The van der Waals surface area contributed by atoms with Gasteiger partial charge in [0, 0.05) is 5.92 Å². The number of aryl methyl sites for hydroxylation is 1. The molecule has 1 aliphatic carbocycles. The van der Waals surface area contributed by atoms with Gasteiger partial charge >= 0.3 is 0 Å². The molecule has 1 heterocycles. The van der Waals surface area contributed by atoms with Crippen molar-refractivity contribution in [1.29, 1.82) is 0 Å². The van der Waals surface area contributed by atoms with E-state index in [-0.39, 0.29) is 11.7 Å². The van der Waals surface area contributed by atoms with Gasteiger partial charge in [-0.25, -0.2) is 4.39 Å². The Hall–Kier alpha value is -2.62. The third-order valence-corrected chi connectivity index (χ3v) is 4.57. The van der Waals surface area contributed by atoms with Gasteiger partial charge in [0.05, 0.1) is 5.69 Å². The highest BCUT2D eigenvalue weighted by atomic mass is 19.1. The Labute approximate surface area is 133 Å². The Bertz CT molecular complexity index is 856. The van der Waals surface area contributed by atoms with Crippen LogP contribution in [0, 0.1) is 5.82 Å². The molecule has 3 aromatic rings. The molecule has 116 valence electrons. The van der Waals surface area contributed by atoms with Gasteiger partial charge in [-0.3, -0.25) is 0 Å². The lowest BCUT2D eigenvalue weighted by Crippen LogP contribution is -2.12. The van der Waals surface area contributed by atoms with Crippen molar-refractivity contribution >= 4 is 5.69 Å². The van der Waals surface area contributed by atoms with Crippen LogP contribution < -0.4 is 5.73 Å². The second-order valence-electron chi connectivity index (χ2n) is 6.02. The average molecular weight is 308 g/mol. The predicted octanol–water partition coefficient (Wildman–Crippen LogP) is 4.53. The molecule has 1 aliphatic rings. The largest absolute Gasteiger partial charge is 0.395 e. The molecule has 2 aromatic carbocycles. The Kier molecular flexibility index (Phi) is 3.37. The van der Waals surface area contributed by atoms with Crippen LogP contribution in [-0.4, -0.2) is 5.16 Å². The molecule has 0 bridgehead atoms. The van der Waals surface area contributed by atoms with E-state index in [1.807, 2.05) is 12.1 Å². The molecule has 3 nitrogen and oxygen atoms in total. The number of benzene rings is 2. The third kappa shape index (κ3) is 2.50. The number of nitrogen functional groups attached to an aromatic ring is 1. The van der Waals surface area contributed by atoms with Crippen LogP contribution in [0.25, 0.3) is 11.1 Å². The van der Waals surface area contributed by atoms with Crippen molar-refractivity contribution in [3.05, 3.63) is 71.4 Å². The first-order valence-corrected chi connectivity index (χ1v) is 7.81. The minimum Gasteiger partial charge on any atom is -0.395 e. The molecule has 4 rings (SSSR count). The number of aromatic nitrogens is 1. The predicted molar refractivity (Wildman–Crippen MR) is 87.5 cm³/mol. The highest BCUT2D eigenvalue weighted by molar-refractivity contribution is 5.66. The van der Waals surface area contributed by atoms with Gasteiger partial charge in [0.2, 0.25) is 0 Å². The number of hydrogen-bond acceptors (Lipinski definition) is 3. The normalized spacial score (nSPS) is 17.0. The Morgan fingerprint density at radius 2 is 2.00 bits per heavy atom. The number of nitrogens with zero attached hydrogens (tertiary/aromatic N) is 1. The van der Waals surface area contributed by atoms with Gasteiger partial charge in [-0.2, -0.15) is 0 Å².